The number of ether oxygens (including phenoxy) is 2. The number of fused-ring (bicyclic) bond motifs is 2. The van der Waals surface area contributed by atoms with Gasteiger partial charge in [-0.25, -0.2) is 4.79 Å². The standard InChI is InChI=1S/C28H30N2O3.C6H6/c1-18(32-27(31)33-21-10-8-7-9-11-21)26-22-14-12-19(29-4)16-24(22)28(2,3)25-17-20(30(5)6)13-15-23(25)26;1-2-4-6-5-3-1/h7-18H,1-6H3;1-6H. The largest absolute Gasteiger partial charge is 0.514 e. The van der Waals surface area contributed by atoms with Gasteiger partial charge in [0.15, 0.2) is 0 Å². The molecule has 39 heavy (non-hydrogen) atoms. The molecule has 0 N–H and O–H groups in total. The lowest BCUT2D eigenvalue weighted by Crippen LogP contribution is -2.32. The summed E-state index contributed by atoms with van der Waals surface area (Å²) in [5.41, 5.74) is 7.27. The van der Waals surface area contributed by atoms with Crippen LogP contribution in [0.1, 0.15) is 31.9 Å². The molecule has 0 spiro atoms. The van der Waals surface area contributed by atoms with Crippen molar-refractivity contribution in [3.63, 3.8) is 0 Å². The molecule has 2 aliphatic carbocycles. The molecule has 0 saturated carbocycles. The molecule has 0 saturated heterocycles. The minimum absolute atomic E-state index is 0.245. The van der Waals surface area contributed by atoms with Gasteiger partial charge in [-0.15, -0.1) is 0 Å². The van der Waals surface area contributed by atoms with E-state index in [0.717, 1.165) is 33.7 Å². The first-order chi connectivity index (χ1) is 18.7. The van der Waals surface area contributed by atoms with Gasteiger partial charge in [0.2, 0.25) is 0 Å². The van der Waals surface area contributed by atoms with E-state index in [-0.39, 0.29) is 5.41 Å². The van der Waals surface area contributed by atoms with Crippen LogP contribution < -0.4 is 9.64 Å². The van der Waals surface area contributed by atoms with Crippen LogP contribution in [0.2, 0.25) is 0 Å². The van der Waals surface area contributed by atoms with Gasteiger partial charge in [-0.2, -0.15) is 0 Å². The molecule has 1 atom stereocenters. The van der Waals surface area contributed by atoms with Crippen molar-refractivity contribution >= 4 is 23.1 Å². The number of aliphatic imine (C=N–C) groups is 1. The van der Waals surface area contributed by atoms with Crippen molar-refractivity contribution in [2.75, 3.05) is 26.0 Å². The van der Waals surface area contributed by atoms with Crippen LogP contribution >= 0.6 is 0 Å². The second-order valence-electron chi connectivity index (χ2n) is 10.2. The fraction of sp³-hybridized carbons (Fsp3) is 0.235. The normalized spacial score (nSPS) is 16.7. The molecule has 200 valence electrons. The van der Waals surface area contributed by atoms with Crippen LogP contribution in [0.15, 0.2) is 119 Å². The third-order valence-electron chi connectivity index (χ3n) is 7.00. The molecule has 3 aromatic rings. The molecule has 0 aliphatic heterocycles. The van der Waals surface area contributed by atoms with E-state index in [2.05, 4.69) is 54.1 Å². The zero-order valence-corrected chi connectivity index (χ0v) is 23.5. The van der Waals surface area contributed by atoms with Gasteiger partial charge in [0, 0.05) is 37.8 Å². The highest BCUT2D eigenvalue weighted by molar-refractivity contribution is 6.08. The zero-order valence-electron chi connectivity index (χ0n) is 23.5. The fourth-order valence-corrected chi connectivity index (χ4v) is 4.91. The van der Waals surface area contributed by atoms with E-state index < -0.39 is 12.3 Å². The predicted octanol–water partition coefficient (Wildman–Crippen LogP) is 7.66. The van der Waals surface area contributed by atoms with Gasteiger partial charge in [-0.05, 0) is 65.6 Å². The number of allylic oxidation sites excluding steroid dienone is 5. The topological polar surface area (TPSA) is 51.1 Å². The summed E-state index contributed by atoms with van der Waals surface area (Å²) in [6, 6.07) is 27.4. The van der Waals surface area contributed by atoms with Crippen molar-refractivity contribution in [3.05, 3.63) is 125 Å². The van der Waals surface area contributed by atoms with E-state index in [0.29, 0.717) is 5.75 Å². The Morgan fingerprint density at radius 3 is 2.10 bits per heavy atom. The summed E-state index contributed by atoms with van der Waals surface area (Å²) in [7, 11) is 5.87. The highest BCUT2D eigenvalue weighted by Crippen LogP contribution is 2.50. The molecule has 0 fully saturated rings. The molecule has 0 amide bonds. The molecule has 0 bridgehead atoms. The molecule has 2 aliphatic rings. The van der Waals surface area contributed by atoms with Gasteiger partial charge in [-0.1, -0.05) is 80.6 Å². The number of carbonyl (C=O) groups is 1. The monoisotopic (exact) mass is 520 g/mol. The van der Waals surface area contributed by atoms with Crippen molar-refractivity contribution in [3.8, 4) is 5.75 Å². The second kappa shape index (κ2) is 12.0. The van der Waals surface area contributed by atoms with Gasteiger partial charge in [0.1, 0.15) is 11.9 Å². The molecule has 5 rings (SSSR count). The van der Waals surface area contributed by atoms with Crippen molar-refractivity contribution < 1.29 is 14.3 Å². The van der Waals surface area contributed by atoms with Crippen LogP contribution in [0.5, 0.6) is 5.75 Å². The Balaban J connectivity index is 0.000000519. The van der Waals surface area contributed by atoms with E-state index in [1.54, 1.807) is 19.2 Å². The number of anilines is 1. The van der Waals surface area contributed by atoms with Gasteiger partial charge >= 0.3 is 6.16 Å². The summed E-state index contributed by atoms with van der Waals surface area (Å²) < 4.78 is 11.2. The van der Waals surface area contributed by atoms with Crippen LogP contribution in [0.25, 0.3) is 5.57 Å². The van der Waals surface area contributed by atoms with E-state index in [1.807, 2.05) is 81.7 Å². The number of hydrogen-bond donors (Lipinski definition) is 0. The number of carbonyl (C=O) groups excluding carboxylic acids is 1. The molecule has 5 nitrogen and oxygen atoms in total. The summed E-state index contributed by atoms with van der Waals surface area (Å²) in [5.74, 6) is 0.454. The summed E-state index contributed by atoms with van der Waals surface area (Å²) in [4.78, 5) is 19.1. The SMILES string of the molecule is CN=C1C=CC2=C(C(C)OC(=O)Oc3ccccc3)c3ccc(N(C)C)cc3C(C)(C)C2=C1.c1ccccc1. The molecular formula is C34H36N2O3. The molecular weight excluding hydrogens is 484 g/mol. The van der Waals surface area contributed by atoms with Gasteiger partial charge < -0.3 is 14.4 Å². The average Bonchev–Trinajstić information content (AvgIpc) is 2.94. The Kier molecular flexibility index (Phi) is 8.50. The lowest BCUT2D eigenvalue weighted by Gasteiger charge is -2.40. The Morgan fingerprint density at radius 1 is 0.897 bits per heavy atom. The Morgan fingerprint density at radius 2 is 1.51 bits per heavy atom. The minimum Gasteiger partial charge on any atom is -0.426 e. The first-order valence-electron chi connectivity index (χ1n) is 13.1. The quantitative estimate of drug-likeness (QED) is 0.262. The fourth-order valence-electron chi connectivity index (χ4n) is 4.91. The number of hydrogen-bond acceptors (Lipinski definition) is 5. The maximum absolute atomic E-state index is 12.6. The molecule has 0 aromatic heterocycles. The van der Waals surface area contributed by atoms with Gasteiger partial charge in [0.05, 0.1) is 5.71 Å². The summed E-state index contributed by atoms with van der Waals surface area (Å²) >= 11 is 0. The van der Waals surface area contributed by atoms with Crippen LogP contribution in [-0.4, -0.2) is 39.1 Å². The first-order valence-corrected chi connectivity index (χ1v) is 13.1. The minimum atomic E-state index is -0.723. The van der Waals surface area contributed by atoms with Crippen molar-refractivity contribution in [2.45, 2.75) is 32.3 Å². The zero-order chi connectivity index (χ0) is 28.0. The van der Waals surface area contributed by atoms with Gasteiger partial charge in [0.25, 0.3) is 0 Å². The summed E-state index contributed by atoms with van der Waals surface area (Å²) in [6.07, 6.45) is 4.99. The van der Waals surface area contributed by atoms with Crippen molar-refractivity contribution in [1.82, 2.24) is 0 Å². The van der Waals surface area contributed by atoms with Crippen LogP contribution in [-0.2, 0) is 10.2 Å². The second-order valence-corrected chi connectivity index (χ2v) is 10.2. The third kappa shape index (κ3) is 6.20. The summed E-state index contributed by atoms with van der Waals surface area (Å²) in [5, 5.41) is 0. The average molecular weight is 521 g/mol. The third-order valence-corrected chi connectivity index (χ3v) is 7.00. The van der Waals surface area contributed by atoms with Crippen LogP contribution in [0.3, 0.4) is 0 Å². The number of nitrogens with zero attached hydrogens (tertiary/aromatic N) is 2. The number of para-hydroxylation sites is 1. The number of rotatable bonds is 4. The summed E-state index contributed by atoms with van der Waals surface area (Å²) in [6.45, 7) is 6.36. The highest BCUT2D eigenvalue weighted by Gasteiger charge is 2.39. The maximum Gasteiger partial charge on any atom is 0.514 e. The Bertz CT molecular complexity index is 1410. The van der Waals surface area contributed by atoms with Crippen molar-refractivity contribution in [1.29, 1.82) is 0 Å². The van der Waals surface area contributed by atoms with E-state index in [9.17, 15) is 4.79 Å². The Hall–Kier alpha value is -4.38. The first kappa shape index (κ1) is 27.6. The molecule has 3 aromatic carbocycles. The molecule has 1 unspecified atom stereocenters. The van der Waals surface area contributed by atoms with E-state index in [1.165, 1.54) is 5.56 Å². The molecule has 0 heterocycles. The van der Waals surface area contributed by atoms with E-state index >= 15 is 0 Å². The van der Waals surface area contributed by atoms with Crippen LogP contribution in [0.4, 0.5) is 10.5 Å². The van der Waals surface area contributed by atoms with Crippen LogP contribution in [0, 0.1) is 0 Å². The predicted molar refractivity (Wildman–Crippen MR) is 161 cm³/mol. The van der Waals surface area contributed by atoms with Crippen molar-refractivity contribution in [2.24, 2.45) is 4.99 Å². The Labute approximate surface area is 231 Å². The lowest BCUT2D eigenvalue weighted by molar-refractivity contribution is 0.0851. The lowest BCUT2D eigenvalue weighted by atomic mass is 9.64. The molecule has 0 radical (unpaired) electrons. The highest BCUT2D eigenvalue weighted by atomic mass is 16.7. The maximum atomic E-state index is 12.6. The van der Waals surface area contributed by atoms with Gasteiger partial charge in [-0.3, -0.25) is 4.99 Å². The number of benzene rings is 3. The molecule has 5 heteroatoms. The smallest absolute Gasteiger partial charge is 0.426 e. The van der Waals surface area contributed by atoms with E-state index in [4.69, 9.17) is 9.47 Å².